The summed E-state index contributed by atoms with van der Waals surface area (Å²) >= 11 is 0. The summed E-state index contributed by atoms with van der Waals surface area (Å²) in [5.41, 5.74) is 6.43. The van der Waals surface area contributed by atoms with Crippen molar-refractivity contribution in [2.24, 2.45) is 5.73 Å². The predicted octanol–water partition coefficient (Wildman–Crippen LogP) is -0.163. The molecular weight excluding hydrogens is 220 g/mol. The van der Waals surface area contributed by atoms with Crippen LogP contribution >= 0.6 is 0 Å². The molecule has 0 atom stereocenters. The van der Waals surface area contributed by atoms with Gasteiger partial charge < -0.3 is 4.42 Å². The van der Waals surface area contributed by atoms with Crippen LogP contribution < -0.4 is 10.9 Å². The van der Waals surface area contributed by atoms with Crippen molar-refractivity contribution in [3.05, 3.63) is 60.1 Å². The van der Waals surface area contributed by atoms with Crippen molar-refractivity contribution < 1.29 is 19.2 Å². The monoisotopic (exact) mass is 231 g/mol. The number of amidine groups is 1. The number of nitrogens with two attached hydrogens (primary N) is 1. The summed E-state index contributed by atoms with van der Waals surface area (Å²) in [6.45, 7) is 0. The normalized spacial score (nSPS) is 11.2. The summed E-state index contributed by atoms with van der Waals surface area (Å²) in [6, 6.07) is 12.2. The minimum absolute atomic E-state index is 0.110. The molecule has 0 spiro atoms. The lowest BCUT2D eigenvalue weighted by molar-refractivity contribution is -0.721. The van der Waals surface area contributed by atoms with Gasteiger partial charge >= 0.3 is 11.8 Å². The van der Waals surface area contributed by atoms with Crippen molar-refractivity contribution in [1.82, 2.24) is 0 Å². The van der Waals surface area contributed by atoms with Gasteiger partial charge in [-0.05, 0) is 24.3 Å². The number of carbonyl (C=O) groups excluding carboxylic acids is 1. The van der Waals surface area contributed by atoms with E-state index in [1.54, 1.807) is 18.2 Å². The lowest BCUT2D eigenvalue weighted by Crippen LogP contribution is -2.75. The molecule has 0 aliphatic heterocycles. The smallest absolute Gasteiger partial charge is 0.422 e. The van der Waals surface area contributed by atoms with Crippen LogP contribution in [0.4, 0.5) is 0 Å². The van der Waals surface area contributed by atoms with E-state index in [2.05, 4.69) is 5.16 Å². The maximum absolute atomic E-state index is 11.4. The first-order valence-corrected chi connectivity index (χ1v) is 4.96. The molecule has 0 fully saturated rings. The molecule has 86 valence electrons. The number of furan rings is 1. The van der Waals surface area contributed by atoms with Crippen LogP contribution in [0.1, 0.15) is 16.1 Å². The average molecular weight is 231 g/mol. The number of carbonyl (C=O) groups is 1. The summed E-state index contributed by atoms with van der Waals surface area (Å²) < 4.78 is 4.87. The zero-order valence-corrected chi connectivity index (χ0v) is 8.92. The topological polar surface area (TPSA) is 79.4 Å². The zero-order valence-electron chi connectivity index (χ0n) is 8.92. The van der Waals surface area contributed by atoms with Crippen LogP contribution in [0.15, 0.2) is 53.1 Å². The minimum atomic E-state index is -0.631. The molecule has 0 saturated carbocycles. The number of nitrogen functional groups attached to an aromatic ring is 1. The molecule has 0 saturated heterocycles. The van der Waals surface area contributed by atoms with Crippen molar-refractivity contribution in [2.75, 3.05) is 0 Å². The Morgan fingerprint density at radius 2 is 1.94 bits per heavy atom. The molecule has 5 nitrogen and oxygen atoms in total. The maximum Gasteiger partial charge on any atom is 0.422 e. The second kappa shape index (κ2) is 4.98. The first-order chi connectivity index (χ1) is 8.27. The van der Waals surface area contributed by atoms with Gasteiger partial charge in [0.15, 0.2) is 0 Å². The summed E-state index contributed by atoms with van der Waals surface area (Å²) in [5.74, 6) is -0.266. The maximum atomic E-state index is 11.4. The SMILES string of the molecule is NC(=[NH+]OC(=O)c1ccco1)c1ccccc1. The molecule has 0 unspecified atom stereocenters. The van der Waals surface area contributed by atoms with Gasteiger partial charge in [-0.3, -0.25) is 10.6 Å². The van der Waals surface area contributed by atoms with Gasteiger partial charge in [0, 0.05) is 0 Å². The molecule has 0 aliphatic rings. The van der Waals surface area contributed by atoms with Gasteiger partial charge in [-0.15, -0.1) is 0 Å². The van der Waals surface area contributed by atoms with E-state index in [4.69, 9.17) is 15.0 Å². The molecular formula is C12H11N2O3+. The Labute approximate surface area is 97.5 Å². The average Bonchev–Trinajstić information content (AvgIpc) is 2.90. The molecule has 0 bridgehead atoms. The molecule has 5 heteroatoms. The van der Waals surface area contributed by atoms with E-state index in [0.717, 1.165) is 5.56 Å². The van der Waals surface area contributed by atoms with Crippen LogP contribution in [0, 0.1) is 0 Å². The largest absolute Gasteiger partial charge is 0.457 e. The summed E-state index contributed by atoms with van der Waals surface area (Å²) in [7, 11) is 0. The summed E-state index contributed by atoms with van der Waals surface area (Å²) in [6.07, 6.45) is 1.39. The molecule has 0 amide bonds. The second-order valence-electron chi connectivity index (χ2n) is 3.25. The molecule has 1 heterocycles. The Morgan fingerprint density at radius 3 is 2.59 bits per heavy atom. The Bertz CT molecular complexity index is 518. The van der Waals surface area contributed by atoms with Crippen molar-refractivity contribution >= 4 is 11.8 Å². The highest BCUT2D eigenvalue weighted by Crippen LogP contribution is 1.99. The first kappa shape index (κ1) is 10.9. The molecule has 2 aromatic rings. The number of nitrogens with one attached hydrogen (secondary N) is 1. The highest BCUT2D eigenvalue weighted by Gasteiger charge is 2.12. The number of rotatable bonds is 3. The molecule has 2 rings (SSSR count). The molecule has 17 heavy (non-hydrogen) atoms. The van der Waals surface area contributed by atoms with Crippen LogP contribution in [0.5, 0.6) is 0 Å². The van der Waals surface area contributed by atoms with Gasteiger partial charge in [0.2, 0.25) is 5.76 Å². The first-order valence-electron chi connectivity index (χ1n) is 4.96. The highest BCUT2D eigenvalue weighted by molar-refractivity contribution is 5.93. The Kier molecular flexibility index (Phi) is 3.20. The Balaban J connectivity index is 2.04. The van der Waals surface area contributed by atoms with Crippen LogP contribution in [-0.2, 0) is 4.84 Å². The fourth-order valence-electron chi connectivity index (χ4n) is 1.22. The van der Waals surface area contributed by atoms with Crippen LogP contribution in [0.2, 0.25) is 0 Å². The predicted molar refractivity (Wildman–Crippen MR) is 59.8 cm³/mol. The van der Waals surface area contributed by atoms with Gasteiger partial charge in [-0.1, -0.05) is 23.4 Å². The molecule has 0 radical (unpaired) electrons. The van der Waals surface area contributed by atoms with Gasteiger partial charge in [0.25, 0.3) is 0 Å². The third kappa shape index (κ3) is 2.72. The van der Waals surface area contributed by atoms with Crippen molar-refractivity contribution in [1.29, 1.82) is 0 Å². The van der Waals surface area contributed by atoms with E-state index in [0.29, 0.717) is 0 Å². The van der Waals surface area contributed by atoms with Crippen molar-refractivity contribution in [2.45, 2.75) is 0 Å². The number of hydrogen-bond donors (Lipinski definition) is 2. The van der Waals surface area contributed by atoms with Crippen molar-refractivity contribution in [3.8, 4) is 0 Å². The summed E-state index contributed by atoms with van der Waals surface area (Å²) in [5, 5.41) is 2.37. The third-order valence-electron chi connectivity index (χ3n) is 2.06. The van der Waals surface area contributed by atoms with E-state index in [-0.39, 0.29) is 11.6 Å². The third-order valence-corrected chi connectivity index (χ3v) is 2.06. The van der Waals surface area contributed by atoms with E-state index < -0.39 is 5.97 Å². The zero-order chi connectivity index (χ0) is 12.1. The number of benzene rings is 1. The lowest BCUT2D eigenvalue weighted by Gasteiger charge is -1.94. The highest BCUT2D eigenvalue weighted by atomic mass is 16.7. The molecule has 3 N–H and O–H groups in total. The Hall–Kier alpha value is -2.56. The second-order valence-corrected chi connectivity index (χ2v) is 3.25. The van der Waals surface area contributed by atoms with Gasteiger partial charge in [0.1, 0.15) is 0 Å². The quantitative estimate of drug-likeness (QED) is 0.333. The standard InChI is InChI=1S/C12H10N2O3/c13-11(9-5-2-1-3-6-9)14-17-12(15)10-7-4-8-16-10/h1-8H,(H2,13,14)/p+1. The van der Waals surface area contributed by atoms with Crippen molar-refractivity contribution in [3.63, 3.8) is 0 Å². The molecule has 1 aromatic heterocycles. The van der Waals surface area contributed by atoms with Crippen LogP contribution in [0.25, 0.3) is 0 Å². The van der Waals surface area contributed by atoms with E-state index in [1.807, 2.05) is 18.2 Å². The van der Waals surface area contributed by atoms with Crippen LogP contribution in [0.3, 0.4) is 0 Å². The van der Waals surface area contributed by atoms with Gasteiger partial charge in [-0.25, -0.2) is 4.79 Å². The number of hydrogen-bond acceptors (Lipinski definition) is 3. The fraction of sp³-hybridized carbons (Fsp3) is 0. The van der Waals surface area contributed by atoms with Gasteiger partial charge in [0.05, 0.1) is 11.8 Å². The molecule has 1 aromatic carbocycles. The van der Waals surface area contributed by atoms with E-state index in [1.165, 1.54) is 12.3 Å². The van der Waals surface area contributed by atoms with Gasteiger partial charge in [-0.2, -0.15) is 0 Å². The van der Waals surface area contributed by atoms with E-state index in [9.17, 15) is 4.79 Å². The fourth-order valence-corrected chi connectivity index (χ4v) is 1.22. The lowest BCUT2D eigenvalue weighted by atomic mass is 10.2. The summed E-state index contributed by atoms with van der Waals surface area (Å²) in [4.78, 5) is 16.2. The minimum Gasteiger partial charge on any atom is -0.457 e. The Morgan fingerprint density at radius 1 is 1.18 bits per heavy atom. The van der Waals surface area contributed by atoms with Crippen LogP contribution in [-0.4, -0.2) is 11.8 Å². The van der Waals surface area contributed by atoms with E-state index >= 15 is 0 Å². The molecule has 0 aliphatic carbocycles.